The first-order valence-corrected chi connectivity index (χ1v) is 6.28. The van der Waals surface area contributed by atoms with Gasteiger partial charge in [0.1, 0.15) is 0 Å². The van der Waals surface area contributed by atoms with Gasteiger partial charge in [0.15, 0.2) is 0 Å². The summed E-state index contributed by atoms with van der Waals surface area (Å²) in [5.41, 5.74) is 1.93. The Balaban J connectivity index is 1.82. The van der Waals surface area contributed by atoms with Crippen LogP contribution in [0.3, 0.4) is 0 Å². The van der Waals surface area contributed by atoms with E-state index in [1.54, 1.807) is 11.0 Å². The fourth-order valence-electron chi connectivity index (χ4n) is 2.52. The maximum atomic E-state index is 12.2. The van der Waals surface area contributed by atoms with Crippen LogP contribution >= 0.6 is 11.6 Å². The third-order valence-corrected chi connectivity index (χ3v) is 3.87. The number of anilines is 1. The number of fused-ring (bicyclic) bond motifs is 1. The lowest BCUT2D eigenvalue weighted by Crippen LogP contribution is -2.31. The summed E-state index contributed by atoms with van der Waals surface area (Å²) in [7, 11) is 0. The average Bonchev–Trinajstić information content (AvgIpc) is 3.03. The lowest BCUT2D eigenvalue weighted by molar-refractivity contribution is -0.140. The predicted octanol–water partition coefficient (Wildman–Crippen LogP) is 1.95. The van der Waals surface area contributed by atoms with Crippen LogP contribution in [0.4, 0.5) is 5.69 Å². The monoisotopic (exact) mass is 265 g/mol. The van der Waals surface area contributed by atoms with Crippen molar-refractivity contribution >= 4 is 29.2 Å². The van der Waals surface area contributed by atoms with Crippen molar-refractivity contribution in [2.45, 2.75) is 12.8 Å². The van der Waals surface area contributed by atoms with Gasteiger partial charge in [-0.25, -0.2) is 0 Å². The topological polar surface area (TPSA) is 57.6 Å². The van der Waals surface area contributed by atoms with Crippen LogP contribution in [0.1, 0.15) is 12.0 Å². The Morgan fingerprint density at radius 1 is 1.33 bits per heavy atom. The molecule has 2 aliphatic rings. The Labute approximate surface area is 109 Å². The first-order valence-electron chi connectivity index (χ1n) is 5.90. The normalized spacial score (nSPS) is 24.8. The van der Waals surface area contributed by atoms with E-state index in [4.69, 9.17) is 16.7 Å². The summed E-state index contributed by atoms with van der Waals surface area (Å²) in [6, 6.07) is 5.51. The molecule has 1 aliphatic carbocycles. The van der Waals surface area contributed by atoms with Gasteiger partial charge in [-0.2, -0.15) is 0 Å². The van der Waals surface area contributed by atoms with Crippen molar-refractivity contribution in [1.82, 2.24) is 0 Å². The van der Waals surface area contributed by atoms with Gasteiger partial charge in [-0.1, -0.05) is 17.7 Å². The van der Waals surface area contributed by atoms with Gasteiger partial charge in [0.05, 0.1) is 11.8 Å². The molecule has 0 saturated heterocycles. The minimum absolute atomic E-state index is 0.0802. The van der Waals surface area contributed by atoms with E-state index in [-0.39, 0.29) is 11.8 Å². The van der Waals surface area contributed by atoms with Crippen molar-refractivity contribution in [2.24, 2.45) is 11.8 Å². The summed E-state index contributed by atoms with van der Waals surface area (Å²) < 4.78 is 0. The van der Waals surface area contributed by atoms with Crippen LogP contribution in [0, 0.1) is 11.8 Å². The number of amides is 1. The number of hydrogen-bond donors (Lipinski definition) is 1. The average molecular weight is 266 g/mol. The molecular formula is C13H12ClNO3. The van der Waals surface area contributed by atoms with Crippen molar-refractivity contribution in [3.8, 4) is 0 Å². The van der Waals surface area contributed by atoms with Crippen LogP contribution in [-0.2, 0) is 16.0 Å². The highest BCUT2D eigenvalue weighted by Gasteiger charge is 2.50. The summed E-state index contributed by atoms with van der Waals surface area (Å²) in [6.45, 7) is 0.622. The Hall–Kier alpha value is -1.55. The zero-order valence-electron chi connectivity index (χ0n) is 9.60. The predicted molar refractivity (Wildman–Crippen MR) is 66.7 cm³/mol. The molecule has 18 heavy (non-hydrogen) atoms. The first-order chi connectivity index (χ1) is 8.58. The van der Waals surface area contributed by atoms with Crippen molar-refractivity contribution in [3.05, 3.63) is 28.8 Å². The molecule has 3 rings (SSSR count). The van der Waals surface area contributed by atoms with Gasteiger partial charge in [-0.3, -0.25) is 9.59 Å². The summed E-state index contributed by atoms with van der Waals surface area (Å²) >= 11 is 5.94. The smallest absolute Gasteiger partial charge is 0.307 e. The van der Waals surface area contributed by atoms with Crippen LogP contribution in [0.25, 0.3) is 0 Å². The van der Waals surface area contributed by atoms with E-state index in [0.29, 0.717) is 18.0 Å². The van der Waals surface area contributed by atoms with E-state index in [0.717, 1.165) is 17.7 Å². The van der Waals surface area contributed by atoms with Crippen molar-refractivity contribution in [3.63, 3.8) is 0 Å². The molecule has 0 radical (unpaired) electrons. The summed E-state index contributed by atoms with van der Waals surface area (Å²) in [5.74, 6) is -1.81. The molecule has 1 saturated carbocycles. The summed E-state index contributed by atoms with van der Waals surface area (Å²) in [6.07, 6.45) is 1.27. The maximum Gasteiger partial charge on any atom is 0.307 e. The maximum absolute atomic E-state index is 12.2. The molecule has 1 heterocycles. The minimum Gasteiger partial charge on any atom is -0.481 e. The number of halogens is 1. The Morgan fingerprint density at radius 3 is 2.78 bits per heavy atom. The van der Waals surface area contributed by atoms with E-state index >= 15 is 0 Å². The van der Waals surface area contributed by atoms with Gasteiger partial charge < -0.3 is 10.0 Å². The standard InChI is InChI=1S/C13H12ClNO3/c14-8-2-1-7-3-4-15(11(7)5-8)12(16)9-6-10(9)13(17)18/h1-2,5,9-10H,3-4,6H2,(H,17,18). The third kappa shape index (κ3) is 1.77. The van der Waals surface area contributed by atoms with E-state index in [9.17, 15) is 9.59 Å². The molecule has 1 aliphatic heterocycles. The number of hydrogen-bond acceptors (Lipinski definition) is 2. The van der Waals surface area contributed by atoms with Gasteiger partial charge >= 0.3 is 5.97 Å². The molecule has 0 aromatic heterocycles. The molecule has 0 spiro atoms. The third-order valence-electron chi connectivity index (χ3n) is 3.63. The number of nitrogens with zero attached hydrogens (tertiary/aromatic N) is 1. The Morgan fingerprint density at radius 2 is 2.11 bits per heavy atom. The van der Waals surface area contributed by atoms with Crippen LogP contribution in [-0.4, -0.2) is 23.5 Å². The van der Waals surface area contributed by atoms with Crippen LogP contribution in [0.5, 0.6) is 0 Å². The number of rotatable bonds is 2. The minimum atomic E-state index is -0.876. The van der Waals surface area contributed by atoms with Crippen LogP contribution < -0.4 is 4.90 Å². The highest BCUT2D eigenvalue weighted by Crippen LogP contribution is 2.42. The van der Waals surface area contributed by atoms with Gasteiger partial charge in [0.25, 0.3) is 0 Å². The second-order valence-electron chi connectivity index (χ2n) is 4.80. The Bertz CT molecular complexity index is 543. The van der Waals surface area contributed by atoms with E-state index in [1.165, 1.54) is 0 Å². The molecule has 0 bridgehead atoms. The van der Waals surface area contributed by atoms with Gasteiger partial charge in [-0.05, 0) is 30.5 Å². The fourth-order valence-corrected chi connectivity index (χ4v) is 2.69. The number of benzene rings is 1. The summed E-state index contributed by atoms with van der Waals surface area (Å²) in [5, 5.41) is 9.46. The molecule has 5 heteroatoms. The second-order valence-corrected chi connectivity index (χ2v) is 5.24. The van der Waals surface area contributed by atoms with Crippen molar-refractivity contribution in [2.75, 3.05) is 11.4 Å². The number of carbonyl (C=O) groups is 2. The molecular weight excluding hydrogens is 254 g/mol. The fraction of sp³-hybridized carbons (Fsp3) is 0.385. The zero-order chi connectivity index (χ0) is 12.9. The van der Waals surface area contributed by atoms with Crippen molar-refractivity contribution in [1.29, 1.82) is 0 Å². The van der Waals surface area contributed by atoms with E-state index in [1.807, 2.05) is 12.1 Å². The van der Waals surface area contributed by atoms with Crippen molar-refractivity contribution < 1.29 is 14.7 Å². The molecule has 1 N–H and O–H groups in total. The molecule has 1 fully saturated rings. The lowest BCUT2D eigenvalue weighted by atomic mass is 10.2. The quantitative estimate of drug-likeness (QED) is 0.889. The molecule has 4 nitrogen and oxygen atoms in total. The molecule has 1 aromatic rings. The van der Waals surface area contributed by atoms with Gasteiger partial charge in [-0.15, -0.1) is 0 Å². The summed E-state index contributed by atoms with van der Waals surface area (Å²) in [4.78, 5) is 24.7. The van der Waals surface area contributed by atoms with E-state index in [2.05, 4.69) is 0 Å². The molecule has 1 amide bonds. The molecule has 2 atom stereocenters. The largest absolute Gasteiger partial charge is 0.481 e. The van der Waals surface area contributed by atoms with E-state index < -0.39 is 11.9 Å². The van der Waals surface area contributed by atoms with Crippen LogP contribution in [0.2, 0.25) is 5.02 Å². The zero-order valence-corrected chi connectivity index (χ0v) is 10.4. The first kappa shape index (κ1) is 11.5. The number of carbonyl (C=O) groups excluding carboxylic acids is 1. The highest BCUT2D eigenvalue weighted by atomic mass is 35.5. The number of aliphatic carboxylic acids is 1. The molecule has 2 unspecified atom stereocenters. The van der Waals surface area contributed by atoms with Gasteiger partial charge in [0, 0.05) is 17.3 Å². The number of carboxylic acids is 1. The van der Waals surface area contributed by atoms with Crippen LogP contribution in [0.15, 0.2) is 18.2 Å². The second kappa shape index (κ2) is 3.99. The highest BCUT2D eigenvalue weighted by molar-refractivity contribution is 6.31. The lowest BCUT2D eigenvalue weighted by Gasteiger charge is -2.17. The Kier molecular flexibility index (Phi) is 2.55. The molecule has 94 valence electrons. The molecule has 1 aromatic carbocycles. The van der Waals surface area contributed by atoms with Gasteiger partial charge in [0.2, 0.25) is 5.91 Å². The SMILES string of the molecule is O=C(O)C1CC1C(=O)N1CCc2ccc(Cl)cc21. The number of carboxylic acid groups (broad SMARTS) is 1.